The predicted molar refractivity (Wildman–Crippen MR) is 74.0 cm³/mol. The van der Waals surface area contributed by atoms with Crippen LogP contribution in [0.3, 0.4) is 0 Å². The average molecular weight is 247 g/mol. The molecule has 1 aromatic rings. The minimum absolute atomic E-state index is 0.658. The fourth-order valence-electron chi connectivity index (χ4n) is 3.46. The van der Waals surface area contributed by atoms with Crippen molar-refractivity contribution in [3.8, 4) is 0 Å². The molecule has 100 valence electrons. The van der Waals surface area contributed by atoms with Gasteiger partial charge in [0, 0.05) is 24.6 Å². The summed E-state index contributed by atoms with van der Waals surface area (Å²) in [6.07, 6.45) is 8.74. The molecule has 3 rings (SSSR count). The summed E-state index contributed by atoms with van der Waals surface area (Å²) in [5, 5.41) is 0. The summed E-state index contributed by atoms with van der Waals surface area (Å²) < 4.78 is 2.44. The van der Waals surface area contributed by atoms with Crippen LogP contribution in [0.25, 0.3) is 0 Å². The Kier molecular flexibility index (Phi) is 3.42. The average Bonchev–Trinajstić information content (AvgIpc) is 2.84. The van der Waals surface area contributed by atoms with Crippen molar-refractivity contribution < 1.29 is 0 Å². The predicted octanol–water partition coefficient (Wildman–Crippen LogP) is 2.98. The summed E-state index contributed by atoms with van der Waals surface area (Å²) in [5.41, 5.74) is 1.37. The SMILES string of the molecule is CCN1CCC(c2cn3c(n2)CCCC3C)CC1. The van der Waals surface area contributed by atoms with Gasteiger partial charge in [-0.15, -0.1) is 0 Å². The maximum atomic E-state index is 4.92. The number of fused-ring (bicyclic) bond motifs is 1. The van der Waals surface area contributed by atoms with Crippen LogP contribution in [0.5, 0.6) is 0 Å². The Labute approximate surface area is 110 Å². The van der Waals surface area contributed by atoms with Gasteiger partial charge in [0.15, 0.2) is 0 Å². The van der Waals surface area contributed by atoms with E-state index in [-0.39, 0.29) is 0 Å². The Morgan fingerprint density at radius 1 is 1.28 bits per heavy atom. The standard InChI is InChI=1S/C15H25N3/c1-3-17-9-7-13(8-10-17)14-11-18-12(2)5-4-6-15(18)16-14/h11-13H,3-10H2,1-2H3. The van der Waals surface area contributed by atoms with Crippen molar-refractivity contribution in [3.63, 3.8) is 0 Å². The fraction of sp³-hybridized carbons (Fsp3) is 0.800. The Morgan fingerprint density at radius 3 is 2.72 bits per heavy atom. The van der Waals surface area contributed by atoms with E-state index < -0.39 is 0 Å². The normalized spacial score (nSPS) is 26.2. The number of rotatable bonds is 2. The molecule has 18 heavy (non-hydrogen) atoms. The van der Waals surface area contributed by atoms with Gasteiger partial charge in [0.25, 0.3) is 0 Å². The molecule has 0 N–H and O–H groups in total. The van der Waals surface area contributed by atoms with Crippen molar-refractivity contribution in [1.82, 2.24) is 14.5 Å². The van der Waals surface area contributed by atoms with E-state index in [1.807, 2.05) is 0 Å². The Morgan fingerprint density at radius 2 is 2.06 bits per heavy atom. The van der Waals surface area contributed by atoms with Crippen LogP contribution in [0, 0.1) is 0 Å². The zero-order chi connectivity index (χ0) is 12.5. The summed E-state index contributed by atoms with van der Waals surface area (Å²) in [6, 6.07) is 0.658. The molecule has 1 fully saturated rings. The molecular formula is C15H25N3. The molecule has 1 unspecified atom stereocenters. The molecule has 3 nitrogen and oxygen atoms in total. The van der Waals surface area contributed by atoms with Crippen LogP contribution in [0.1, 0.15) is 63.0 Å². The van der Waals surface area contributed by atoms with Crippen molar-refractivity contribution in [2.75, 3.05) is 19.6 Å². The zero-order valence-corrected chi connectivity index (χ0v) is 11.7. The number of piperidine rings is 1. The third-order valence-electron chi connectivity index (χ3n) is 4.78. The topological polar surface area (TPSA) is 21.1 Å². The molecule has 0 spiro atoms. The van der Waals surface area contributed by atoms with E-state index in [0.29, 0.717) is 12.0 Å². The molecular weight excluding hydrogens is 222 g/mol. The zero-order valence-electron chi connectivity index (χ0n) is 11.7. The molecule has 2 aliphatic heterocycles. The van der Waals surface area contributed by atoms with Crippen LogP contribution in [0.4, 0.5) is 0 Å². The van der Waals surface area contributed by atoms with Crippen LogP contribution >= 0.6 is 0 Å². The maximum absolute atomic E-state index is 4.92. The number of hydrogen-bond donors (Lipinski definition) is 0. The van der Waals surface area contributed by atoms with Crippen LogP contribution < -0.4 is 0 Å². The first kappa shape index (κ1) is 12.2. The van der Waals surface area contributed by atoms with Crippen LogP contribution in [-0.2, 0) is 6.42 Å². The maximum Gasteiger partial charge on any atom is 0.109 e. The largest absolute Gasteiger partial charge is 0.332 e. The molecule has 3 heterocycles. The lowest BCUT2D eigenvalue weighted by atomic mass is 9.94. The lowest BCUT2D eigenvalue weighted by molar-refractivity contribution is 0.221. The molecule has 0 saturated carbocycles. The molecule has 0 aliphatic carbocycles. The second-order valence-corrected chi connectivity index (χ2v) is 5.94. The number of hydrogen-bond acceptors (Lipinski definition) is 2. The highest BCUT2D eigenvalue weighted by Gasteiger charge is 2.25. The minimum atomic E-state index is 0.658. The van der Waals surface area contributed by atoms with Gasteiger partial charge in [-0.05, 0) is 52.2 Å². The second-order valence-electron chi connectivity index (χ2n) is 5.94. The van der Waals surface area contributed by atoms with Gasteiger partial charge < -0.3 is 9.47 Å². The molecule has 1 atom stereocenters. The molecule has 3 heteroatoms. The summed E-state index contributed by atoms with van der Waals surface area (Å²) in [5.74, 6) is 2.04. The molecule has 1 saturated heterocycles. The monoisotopic (exact) mass is 247 g/mol. The molecule has 0 bridgehead atoms. The van der Waals surface area contributed by atoms with Gasteiger partial charge in [-0.3, -0.25) is 0 Å². The number of aromatic nitrogens is 2. The molecule has 1 aromatic heterocycles. The molecule has 2 aliphatic rings. The van der Waals surface area contributed by atoms with Gasteiger partial charge in [-0.25, -0.2) is 4.98 Å². The van der Waals surface area contributed by atoms with Gasteiger partial charge in [0.2, 0.25) is 0 Å². The lowest BCUT2D eigenvalue weighted by Gasteiger charge is -2.30. The summed E-state index contributed by atoms with van der Waals surface area (Å²) in [7, 11) is 0. The first-order valence-electron chi connectivity index (χ1n) is 7.58. The van der Waals surface area contributed by atoms with E-state index >= 15 is 0 Å². The highest BCUT2D eigenvalue weighted by atomic mass is 15.1. The third kappa shape index (κ3) is 2.20. The lowest BCUT2D eigenvalue weighted by Crippen LogP contribution is -2.32. The second kappa shape index (κ2) is 5.04. The number of likely N-dealkylation sites (tertiary alicyclic amines) is 1. The quantitative estimate of drug-likeness (QED) is 0.801. The van der Waals surface area contributed by atoms with Crippen molar-refractivity contribution in [2.45, 2.75) is 57.9 Å². The first-order chi connectivity index (χ1) is 8.78. The minimum Gasteiger partial charge on any atom is -0.332 e. The van der Waals surface area contributed by atoms with Crippen LogP contribution in [0.15, 0.2) is 6.20 Å². The van der Waals surface area contributed by atoms with Crippen molar-refractivity contribution in [2.24, 2.45) is 0 Å². The third-order valence-corrected chi connectivity index (χ3v) is 4.78. The summed E-state index contributed by atoms with van der Waals surface area (Å²) in [4.78, 5) is 7.47. The summed E-state index contributed by atoms with van der Waals surface area (Å²) in [6.45, 7) is 8.28. The van der Waals surface area contributed by atoms with E-state index in [0.717, 1.165) is 0 Å². The van der Waals surface area contributed by atoms with Gasteiger partial charge in [-0.1, -0.05) is 6.92 Å². The van der Waals surface area contributed by atoms with E-state index in [1.165, 1.54) is 63.3 Å². The smallest absolute Gasteiger partial charge is 0.109 e. The Bertz CT molecular complexity index is 402. The molecule has 0 radical (unpaired) electrons. The Balaban J connectivity index is 1.74. The molecule has 0 amide bonds. The van der Waals surface area contributed by atoms with Crippen LogP contribution in [-0.4, -0.2) is 34.1 Å². The van der Waals surface area contributed by atoms with Gasteiger partial charge in [0.1, 0.15) is 5.82 Å². The first-order valence-corrected chi connectivity index (χ1v) is 7.58. The van der Waals surface area contributed by atoms with E-state index in [1.54, 1.807) is 0 Å². The van der Waals surface area contributed by atoms with Gasteiger partial charge >= 0.3 is 0 Å². The van der Waals surface area contributed by atoms with Crippen molar-refractivity contribution in [1.29, 1.82) is 0 Å². The number of aryl methyl sites for hydroxylation is 1. The highest BCUT2D eigenvalue weighted by molar-refractivity contribution is 5.13. The highest BCUT2D eigenvalue weighted by Crippen LogP contribution is 2.31. The van der Waals surface area contributed by atoms with E-state index in [9.17, 15) is 0 Å². The van der Waals surface area contributed by atoms with Crippen molar-refractivity contribution in [3.05, 3.63) is 17.7 Å². The van der Waals surface area contributed by atoms with Gasteiger partial charge in [0.05, 0.1) is 5.69 Å². The van der Waals surface area contributed by atoms with Gasteiger partial charge in [-0.2, -0.15) is 0 Å². The van der Waals surface area contributed by atoms with Crippen LogP contribution in [0.2, 0.25) is 0 Å². The van der Waals surface area contributed by atoms with E-state index in [4.69, 9.17) is 4.98 Å². The van der Waals surface area contributed by atoms with Crippen molar-refractivity contribution >= 4 is 0 Å². The molecule has 0 aromatic carbocycles. The number of imidazole rings is 1. The van der Waals surface area contributed by atoms with E-state index in [2.05, 4.69) is 29.5 Å². The Hall–Kier alpha value is -0.830. The summed E-state index contributed by atoms with van der Waals surface area (Å²) >= 11 is 0. The number of nitrogens with zero attached hydrogens (tertiary/aromatic N) is 3. The fourth-order valence-corrected chi connectivity index (χ4v) is 3.46.